The Bertz CT molecular complexity index is 1360. The Kier molecular flexibility index (Phi) is 11.8. The number of esters is 2. The highest BCUT2D eigenvalue weighted by Gasteiger charge is 2.45. The molecule has 0 bridgehead atoms. The van der Waals surface area contributed by atoms with Crippen molar-refractivity contribution < 1.29 is 47.9 Å². The van der Waals surface area contributed by atoms with Gasteiger partial charge in [-0.15, -0.1) is 0 Å². The fourth-order valence-corrected chi connectivity index (χ4v) is 4.95. The van der Waals surface area contributed by atoms with Crippen molar-refractivity contribution in [2.24, 2.45) is 11.7 Å². The third-order valence-electron chi connectivity index (χ3n) is 7.46. The van der Waals surface area contributed by atoms with Gasteiger partial charge in [0.25, 0.3) is 0 Å². The summed E-state index contributed by atoms with van der Waals surface area (Å²) in [6.45, 7) is 7.14. The van der Waals surface area contributed by atoms with Crippen molar-refractivity contribution in [1.29, 1.82) is 0 Å². The molecule has 45 heavy (non-hydrogen) atoms. The van der Waals surface area contributed by atoms with Gasteiger partial charge in [-0.05, 0) is 57.0 Å². The van der Waals surface area contributed by atoms with Crippen molar-refractivity contribution in [1.82, 2.24) is 0 Å². The van der Waals surface area contributed by atoms with Crippen LogP contribution in [-0.4, -0.2) is 80.4 Å². The van der Waals surface area contributed by atoms with Crippen LogP contribution < -0.4 is 15.2 Å². The van der Waals surface area contributed by atoms with E-state index in [1.54, 1.807) is 55.5 Å². The summed E-state index contributed by atoms with van der Waals surface area (Å²) in [6, 6.07) is 11.9. The van der Waals surface area contributed by atoms with Crippen molar-refractivity contribution >= 4 is 18.0 Å². The quantitative estimate of drug-likeness (QED) is 0.234. The molecular weight excluding hydrogens is 582 g/mol. The number of hydrogen-bond acceptors (Lipinski definition) is 11. The predicted octanol–water partition coefficient (Wildman–Crippen LogP) is 4.27. The molecule has 2 heterocycles. The zero-order chi connectivity index (χ0) is 32.6. The highest BCUT2D eigenvalue weighted by molar-refractivity contribution is 5.97. The van der Waals surface area contributed by atoms with Crippen molar-refractivity contribution in [3.63, 3.8) is 0 Å². The lowest BCUT2D eigenvalue weighted by Gasteiger charge is -2.26. The maximum Gasteiger partial charge on any atom is 0.342 e. The number of hydrogen-bond donors (Lipinski definition) is 2. The van der Waals surface area contributed by atoms with Gasteiger partial charge in [0.1, 0.15) is 48.1 Å². The van der Waals surface area contributed by atoms with Crippen molar-refractivity contribution in [2.45, 2.75) is 70.4 Å². The summed E-state index contributed by atoms with van der Waals surface area (Å²) in [6.07, 6.45) is 4.19. The summed E-state index contributed by atoms with van der Waals surface area (Å²) in [7, 11) is 1.47. The lowest BCUT2D eigenvalue weighted by Crippen LogP contribution is -2.37. The lowest BCUT2D eigenvalue weighted by atomic mass is 9.98. The Morgan fingerprint density at radius 2 is 1.87 bits per heavy atom. The second kappa shape index (κ2) is 15.5. The first-order valence-corrected chi connectivity index (χ1v) is 15.0. The third kappa shape index (κ3) is 9.15. The molecule has 1 saturated heterocycles. The monoisotopic (exact) mass is 625 g/mol. The fourth-order valence-electron chi connectivity index (χ4n) is 4.95. The van der Waals surface area contributed by atoms with E-state index in [0.29, 0.717) is 23.3 Å². The van der Waals surface area contributed by atoms with E-state index in [1.807, 2.05) is 39.0 Å². The Hall–Kier alpha value is -3.74. The number of methoxy groups -OCH3 is 1. The van der Waals surface area contributed by atoms with E-state index in [0.717, 1.165) is 0 Å². The number of carbonyl (C=O) groups is 2. The van der Waals surface area contributed by atoms with Gasteiger partial charge in [0.2, 0.25) is 0 Å². The molecule has 0 saturated carbocycles. The van der Waals surface area contributed by atoms with Crippen LogP contribution >= 0.6 is 0 Å². The van der Waals surface area contributed by atoms with E-state index in [9.17, 15) is 14.7 Å². The fraction of sp³-hybridized carbons (Fsp3) is 0.471. The number of nitrogens with two attached hydrogens (primary N) is 1. The zero-order valence-corrected chi connectivity index (χ0v) is 26.3. The molecule has 0 aliphatic carbocycles. The highest BCUT2D eigenvalue weighted by Crippen LogP contribution is 2.36. The molecule has 11 heteroatoms. The van der Waals surface area contributed by atoms with Gasteiger partial charge in [0, 0.05) is 25.6 Å². The van der Waals surface area contributed by atoms with E-state index in [-0.39, 0.29) is 37.2 Å². The van der Waals surface area contributed by atoms with E-state index >= 15 is 0 Å². The molecule has 2 aromatic carbocycles. The van der Waals surface area contributed by atoms with Gasteiger partial charge in [0.05, 0.1) is 11.7 Å². The van der Waals surface area contributed by atoms with Crippen LogP contribution in [0.1, 0.15) is 60.4 Å². The maximum atomic E-state index is 13.7. The van der Waals surface area contributed by atoms with E-state index in [4.69, 9.17) is 38.9 Å². The molecule has 0 spiro atoms. The zero-order valence-electron chi connectivity index (χ0n) is 26.3. The molecule has 6 atom stereocenters. The number of aliphatic hydroxyl groups excluding tert-OH is 1. The van der Waals surface area contributed by atoms with Crippen LogP contribution in [0.15, 0.2) is 60.7 Å². The Morgan fingerprint density at radius 3 is 2.58 bits per heavy atom. The van der Waals surface area contributed by atoms with Gasteiger partial charge >= 0.3 is 11.9 Å². The van der Waals surface area contributed by atoms with Crippen LogP contribution in [-0.2, 0) is 23.7 Å². The highest BCUT2D eigenvalue weighted by atomic mass is 16.8. The normalized spacial score (nSPS) is 26.0. The molecule has 2 aliphatic rings. The summed E-state index contributed by atoms with van der Waals surface area (Å²) in [4.78, 5) is 26.8. The Morgan fingerprint density at radius 1 is 1.11 bits per heavy atom. The SMILES string of the molecule is COCOc1cc(OCC(O)CN)cc2c1C(=O)O[C@@H](C)[C@H](C)/C=C\C(OC(=O)c1ccccc1)[C@H]1OC(C)(C)O[C@H]1CC=C2. The van der Waals surface area contributed by atoms with Crippen LogP contribution in [0.25, 0.3) is 6.08 Å². The first kappa shape index (κ1) is 34.1. The van der Waals surface area contributed by atoms with Crippen LogP contribution in [0.5, 0.6) is 11.5 Å². The largest absolute Gasteiger partial charge is 0.491 e. The number of cyclic esters (lactones) is 1. The van der Waals surface area contributed by atoms with Gasteiger partial charge < -0.3 is 44.0 Å². The lowest BCUT2D eigenvalue weighted by molar-refractivity contribution is -0.152. The summed E-state index contributed by atoms with van der Waals surface area (Å²) >= 11 is 0. The summed E-state index contributed by atoms with van der Waals surface area (Å²) in [5, 5.41) is 9.94. The molecule has 0 aromatic heterocycles. The van der Waals surface area contributed by atoms with Gasteiger partial charge in [0.15, 0.2) is 12.6 Å². The minimum atomic E-state index is -0.940. The number of rotatable bonds is 9. The topological polar surface area (TPSA) is 145 Å². The maximum absolute atomic E-state index is 13.7. The number of aliphatic hydroxyl groups is 1. The molecule has 2 aromatic rings. The van der Waals surface area contributed by atoms with E-state index in [1.165, 1.54) is 7.11 Å². The van der Waals surface area contributed by atoms with Crippen molar-refractivity contribution in [3.05, 3.63) is 77.4 Å². The molecule has 2 aliphatic heterocycles. The van der Waals surface area contributed by atoms with Crippen molar-refractivity contribution in [3.8, 4) is 11.5 Å². The average Bonchev–Trinajstić information content (AvgIpc) is 3.33. The van der Waals surface area contributed by atoms with E-state index in [2.05, 4.69) is 0 Å². The van der Waals surface area contributed by atoms with Crippen LogP contribution in [0, 0.1) is 5.92 Å². The van der Waals surface area contributed by atoms with Gasteiger partial charge in [-0.3, -0.25) is 0 Å². The number of benzene rings is 2. The van der Waals surface area contributed by atoms with Gasteiger partial charge in [-0.25, -0.2) is 9.59 Å². The van der Waals surface area contributed by atoms with E-state index < -0.39 is 48.2 Å². The third-order valence-corrected chi connectivity index (χ3v) is 7.46. The first-order chi connectivity index (χ1) is 21.5. The molecule has 11 nitrogen and oxygen atoms in total. The van der Waals surface area contributed by atoms with Gasteiger partial charge in [-0.1, -0.05) is 43.4 Å². The van der Waals surface area contributed by atoms with Crippen LogP contribution in [0.2, 0.25) is 0 Å². The number of carbonyl (C=O) groups excluding carboxylic acids is 2. The smallest absolute Gasteiger partial charge is 0.342 e. The number of ether oxygens (including phenoxy) is 7. The second-order valence-corrected chi connectivity index (χ2v) is 11.5. The Labute approximate surface area is 263 Å². The first-order valence-electron chi connectivity index (χ1n) is 15.0. The van der Waals surface area contributed by atoms with Crippen molar-refractivity contribution in [2.75, 3.05) is 27.1 Å². The second-order valence-electron chi connectivity index (χ2n) is 11.5. The molecule has 1 fully saturated rings. The molecule has 3 N–H and O–H groups in total. The van der Waals surface area contributed by atoms with Crippen LogP contribution in [0.3, 0.4) is 0 Å². The molecule has 2 unspecified atom stereocenters. The molecule has 4 rings (SSSR count). The Balaban J connectivity index is 1.74. The molecule has 244 valence electrons. The standard InChI is InChI=1S/C34H43NO10/c1-21-14-15-27(43-32(37)23-10-7-6-8-11-23)31-28(44-34(3,4)45-31)13-9-12-24-16-26(40-19-25(36)18-35)17-29(41-20-39-5)30(24)33(38)42-22(21)2/h6-12,14-17,21-22,25,27-28,31,36H,13,18-20,35H2,1-5H3/b12-9?,15-14-/t21-,22+,25?,27?,28+,31-/m1/s1. The predicted molar refractivity (Wildman–Crippen MR) is 166 cm³/mol. The summed E-state index contributed by atoms with van der Waals surface area (Å²) in [5.41, 5.74) is 6.59. The number of fused-ring (bicyclic) bond motifs is 2. The molecule has 0 amide bonds. The summed E-state index contributed by atoms with van der Waals surface area (Å²) < 4.78 is 41.1. The summed E-state index contributed by atoms with van der Waals surface area (Å²) in [5.74, 6) is -1.77. The van der Waals surface area contributed by atoms with Gasteiger partial charge in [-0.2, -0.15) is 0 Å². The average molecular weight is 626 g/mol. The minimum Gasteiger partial charge on any atom is -0.491 e. The molecule has 0 radical (unpaired) electrons. The minimum absolute atomic E-state index is 0.0251. The molecular formula is C34H43NO10. The van der Waals surface area contributed by atoms with Crippen LogP contribution in [0.4, 0.5) is 0 Å².